The fourth-order valence-corrected chi connectivity index (χ4v) is 1.50. The molecule has 16 heavy (non-hydrogen) atoms. The molecular formula is C10H15N5O. The monoisotopic (exact) mass is 221 g/mol. The number of hydrogen-bond acceptors (Lipinski definition) is 5. The van der Waals surface area contributed by atoms with Gasteiger partial charge in [-0.05, 0) is 6.42 Å². The summed E-state index contributed by atoms with van der Waals surface area (Å²) < 4.78 is 6.96. The van der Waals surface area contributed by atoms with Gasteiger partial charge in [-0.15, -0.1) is 0 Å². The molecule has 86 valence electrons. The van der Waals surface area contributed by atoms with Crippen LogP contribution in [0.5, 0.6) is 0 Å². The molecule has 0 bridgehead atoms. The Kier molecular flexibility index (Phi) is 3.00. The van der Waals surface area contributed by atoms with Crippen LogP contribution in [0, 0.1) is 0 Å². The van der Waals surface area contributed by atoms with Crippen molar-refractivity contribution in [1.82, 2.24) is 19.7 Å². The van der Waals surface area contributed by atoms with Gasteiger partial charge in [0.2, 0.25) is 11.7 Å². The third kappa shape index (κ3) is 1.96. The van der Waals surface area contributed by atoms with Crippen molar-refractivity contribution < 1.29 is 4.52 Å². The second-order valence-electron chi connectivity index (χ2n) is 3.74. The Hall–Kier alpha value is -1.69. The van der Waals surface area contributed by atoms with Crippen molar-refractivity contribution >= 4 is 0 Å². The summed E-state index contributed by atoms with van der Waals surface area (Å²) in [6.45, 7) is 2.07. The first-order chi connectivity index (χ1) is 7.72. The summed E-state index contributed by atoms with van der Waals surface area (Å²) in [5.41, 5.74) is 6.71. The Bertz CT molecular complexity index is 461. The van der Waals surface area contributed by atoms with Gasteiger partial charge in [0.1, 0.15) is 5.69 Å². The van der Waals surface area contributed by atoms with Gasteiger partial charge in [-0.2, -0.15) is 4.98 Å². The molecule has 0 aliphatic carbocycles. The molecule has 1 atom stereocenters. The van der Waals surface area contributed by atoms with Gasteiger partial charge in [0.15, 0.2) is 0 Å². The molecule has 0 unspecified atom stereocenters. The van der Waals surface area contributed by atoms with Crippen molar-refractivity contribution in [3.05, 3.63) is 18.4 Å². The summed E-state index contributed by atoms with van der Waals surface area (Å²) >= 11 is 0. The van der Waals surface area contributed by atoms with Crippen LogP contribution >= 0.6 is 0 Å². The fourth-order valence-electron chi connectivity index (χ4n) is 1.50. The van der Waals surface area contributed by atoms with Crippen molar-refractivity contribution in [2.45, 2.75) is 25.8 Å². The van der Waals surface area contributed by atoms with E-state index in [9.17, 15) is 0 Å². The first-order valence-corrected chi connectivity index (χ1v) is 5.28. The van der Waals surface area contributed by atoms with Crippen molar-refractivity contribution in [1.29, 1.82) is 0 Å². The first kappa shape index (κ1) is 10.8. The van der Waals surface area contributed by atoms with Crippen LogP contribution in [0.25, 0.3) is 11.5 Å². The minimum Gasteiger partial charge on any atom is -0.337 e. The summed E-state index contributed by atoms with van der Waals surface area (Å²) in [5.74, 6) is 1.01. The number of nitrogens with two attached hydrogens (primary N) is 1. The molecule has 2 N–H and O–H groups in total. The lowest BCUT2D eigenvalue weighted by molar-refractivity contribution is 0.348. The molecule has 0 aromatic carbocycles. The molecule has 0 saturated heterocycles. The molecule has 0 aliphatic rings. The predicted octanol–water partition coefficient (Wildman–Crippen LogP) is 1.27. The fraction of sp³-hybridized carbons (Fsp3) is 0.500. The van der Waals surface area contributed by atoms with Crippen LogP contribution in [0.3, 0.4) is 0 Å². The first-order valence-electron chi connectivity index (χ1n) is 5.28. The lowest BCUT2D eigenvalue weighted by Crippen LogP contribution is -2.09. The maximum Gasteiger partial charge on any atom is 0.243 e. The maximum atomic E-state index is 5.89. The molecule has 2 aromatic heterocycles. The number of aryl methyl sites for hydroxylation is 1. The van der Waals surface area contributed by atoms with Crippen molar-refractivity contribution in [2.75, 3.05) is 0 Å². The lowest BCUT2D eigenvalue weighted by Gasteiger charge is -2.02. The zero-order chi connectivity index (χ0) is 11.5. The van der Waals surface area contributed by atoms with Crippen molar-refractivity contribution in [2.24, 2.45) is 12.8 Å². The SMILES string of the molecule is CCC[C@H](N)c1nc(-c2cncn2C)no1. The Labute approximate surface area is 93.5 Å². The van der Waals surface area contributed by atoms with Gasteiger partial charge < -0.3 is 14.8 Å². The van der Waals surface area contributed by atoms with Crippen LogP contribution in [0.2, 0.25) is 0 Å². The number of aromatic nitrogens is 4. The molecule has 0 fully saturated rings. The van der Waals surface area contributed by atoms with E-state index in [-0.39, 0.29) is 6.04 Å². The molecule has 6 heteroatoms. The predicted molar refractivity (Wildman–Crippen MR) is 58.3 cm³/mol. The Balaban J connectivity index is 2.23. The van der Waals surface area contributed by atoms with Crippen molar-refractivity contribution in [3.8, 4) is 11.5 Å². The quantitative estimate of drug-likeness (QED) is 0.840. The highest BCUT2D eigenvalue weighted by Crippen LogP contribution is 2.18. The summed E-state index contributed by atoms with van der Waals surface area (Å²) in [4.78, 5) is 8.27. The van der Waals surface area contributed by atoms with Gasteiger partial charge in [0, 0.05) is 7.05 Å². The minimum absolute atomic E-state index is 0.181. The molecule has 2 rings (SSSR count). The zero-order valence-electron chi connectivity index (χ0n) is 9.42. The Morgan fingerprint density at radius 2 is 2.38 bits per heavy atom. The summed E-state index contributed by atoms with van der Waals surface area (Å²) in [6.07, 6.45) is 5.22. The molecule has 0 amide bonds. The van der Waals surface area contributed by atoms with E-state index in [0.717, 1.165) is 18.5 Å². The van der Waals surface area contributed by atoms with Crippen LogP contribution in [0.1, 0.15) is 31.7 Å². The van der Waals surface area contributed by atoms with Gasteiger partial charge in [-0.25, -0.2) is 4.98 Å². The van der Waals surface area contributed by atoms with E-state index in [1.165, 1.54) is 0 Å². The van der Waals surface area contributed by atoms with E-state index in [4.69, 9.17) is 10.3 Å². The van der Waals surface area contributed by atoms with E-state index >= 15 is 0 Å². The third-order valence-electron chi connectivity index (χ3n) is 2.40. The average molecular weight is 221 g/mol. The highest BCUT2D eigenvalue weighted by Gasteiger charge is 2.16. The lowest BCUT2D eigenvalue weighted by atomic mass is 10.2. The van der Waals surface area contributed by atoms with E-state index < -0.39 is 0 Å². The molecule has 6 nitrogen and oxygen atoms in total. The molecule has 0 saturated carbocycles. The van der Waals surface area contributed by atoms with Gasteiger partial charge in [-0.3, -0.25) is 0 Å². The van der Waals surface area contributed by atoms with E-state index in [0.29, 0.717) is 11.7 Å². The van der Waals surface area contributed by atoms with Gasteiger partial charge >= 0.3 is 0 Å². The van der Waals surface area contributed by atoms with Crippen LogP contribution in [0.4, 0.5) is 0 Å². The van der Waals surface area contributed by atoms with E-state index in [1.54, 1.807) is 12.5 Å². The smallest absolute Gasteiger partial charge is 0.243 e. The van der Waals surface area contributed by atoms with Crippen LogP contribution in [-0.2, 0) is 7.05 Å². The molecule has 0 spiro atoms. The molecule has 2 heterocycles. The topological polar surface area (TPSA) is 82.8 Å². The second kappa shape index (κ2) is 4.44. The van der Waals surface area contributed by atoms with Crippen LogP contribution in [0.15, 0.2) is 17.0 Å². The highest BCUT2D eigenvalue weighted by atomic mass is 16.5. The Morgan fingerprint density at radius 1 is 1.56 bits per heavy atom. The minimum atomic E-state index is -0.181. The normalized spacial score (nSPS) is 12.9. The van der Waals surface area contributed by atoms with E-state index in [1.807, 2.05) is 11.6 Å². The number of rotatable bonds is 4. The molecule has 2 aromatic rings. The zero-order valence-corrected chi connectivity index (χ0v) is 9.42. The van der Waals surface area contributed by atoms with E-state index in [2.05, 4.69) is 22.0 Å². The second-order valence-corrected chi connectivity index (χ2v) is 3.74. The Morgan fingerprint density at radius 3 is 3.00 bits per heavy atom. The molecule has 0 radical (unpaired) electrons. The average Bonchev–Trinajstić information content (AvgIpc) is 2.86. The largest absolute Gasteiger partial charge is 0.337 e. The van der Waals surface area contributed by atoms with Gasteiger partial charge in [-0.1, -0.05) is 18.5 Å². The number of hydrogen-bond donors (Lipinski definition) is 1. The van der Waals surface area contributed by atoms with Gasteiger partial charge in [0.05, 0.1) is 18.6 Å². The van der Waals surface area contributed by atoms with Crippen LogP contribution in [-0.4, -0.2) is 19.7 Å². The number of imidazole rings is 1. The van der Waals surface area contributed by atoms with Crippen molar-refractivity contribution in [3.63, 3.8) is 0 Å². The maximum absolute atomic E-state index is 5.89. The van der Waals surface area contributed by atoms with Crippen LogP contribution < -0.4 is 5.73 Å². The number of nitrogens with zero attached hydrogens (tertiary/aromatic N) is 4. The molecular weight excluding hydrogens is 206 g/mol. The summed E-state index contributed by atoms with van der Waals surface area (Å²) in [7, 11) is 1.88. The third-order valence-corrected chi connectivity index (χ3v) is 2.40. The highest BCUT2D eigenvalue weighted by molar-refractivity contribution is 5.47. The molecule has 0 aliphatic heterocycles. The summed E-state index contributed by atoms with van der Waals surface area (Å²) in [6, 6.07) is -0.181. The van der Waals surface area contributed by atoms with Gasteiger partial charge in [0.25, 0.3) is 0 Å². The standard InChI is InChI=1S/C10H15N5O/c1-3-4-7(11)10-13-9(14-16-10)8-5-12-6-15(8)2/h5-7H,3-4,11H2,1-2H3/t7-/m0/s1. The summed E-state index contributed by atoms with van der Waals surface area (Å²) in [5, 5.41) is 3.90.